The van der Waals surface area contributed by atoms with Crippen molar-refractivity contribution in [3.8, 4) is 6.07 Å². The molecule has 3 rings (SSSR count). The lowest BCUT2D eigenvalue weighted by atomic mass is 10.1. The number of fused-ring (bicyclic) bond motifs is 1. The Kier molecular flexibility index (Phi) is 5.54. The van der Waals surface area contributed by atoms with E-state index in [4.69, 9.17) is 0 Å². The zero-order valence-corrected chi connectivity index (χ0v) is 16.7. The molecular weight excluding hydrogens is 390 g/mol. The van der Waals surface area contributed by atoms with E-state index >= 15 is 0 Å². The van der Waals surface area contributed by atoms with Gasteiger partial charge >= 0.3 is 0 Å². The summed E-state index contributed by atoms with van der Waals surface area (Å²) in [6.07, 6.45) is 1.57. The fraction of sp³-hybridized carbons (Fsp3) is 0.588. The molecule has 0 spiro atoms. The van der Waals surface area contributed by atoms with Crippen molar-refractivity contribution in [3.63, 3.8) is 0 Å². The molecule has 152 valence electrons. The summed E-state index contributed by atoms with van der Waals surface area (Å²) in [6.45, 7) is 3.84. The van der Waals surface area contributed by atoms with Crippen molar-refractivity contribution in [2.75, 3.05) is 24.7 Å². The number of halogens is 2. The van der Waals surface area contributed by atoms with Crippen LogP contribution in [-0.2, 0) is 16.4 Å². The van der Waals surface area contributed by atoms with Gasteiger partial charge in [0, 0.05) is 13.1 Å². The number of nitriles is 1. The molecule has 11 heteroatoms. The van der Waals surface area contributed by atoms with Gasteiger partial charge in [0.15, 0.2) is 5.82 Å². The Labute approximate surface area is 162 Å². The standard InChI is InChI=1S/C17H22F2N6O2S/c1-10(2)6-14-11(7-20)16(19)15-8-21-17(23-25(14)15)22-13-4-5-24(9-12(13)18)28(3,26)27/h8,10,12-13H,4-6,9H2,1-3H3,(H,22,23)/t12-,13-/m1/s1. The van der Waals surface area contributed by atoms with Gasteiger partial charge in [-0.05, 0) is 18.8 Å². The Hall–Kier alpha value is -2.32. The second kappa shape index (κ2) is 7.60. The molecule has 1 N–H and O–H groups in total. The van der Waals surface area contributed by atoms with Crippen molar-refractivity contribution in [1.82, 2.24) is 18.9 Å². The molecule has 1 saturated heterocycles. The molecule has 0 saturated carbocycles. The number of nitrogens with zero attached hydrogens (tertiary/aromatic N) is 5. The summed E-state index contributed by atoms with van der Waals surface area (Å²) in [7, 11) is -3.45. The predicted molar refractivity (Wildman–Crippen MR) is 99.5 cm³/mol. The molecular formula is C17H22F2N6O2S. The molecule has 2 atom stereocenters. The van der Waals surface area contributed by atoms with E-state index in [2.05, 4.69) is 15.4 Å². The zero-order valence-electron chi connectivity index (χ0n) is 15.9. The Morgan fingerprint density at radius 3 is 2.75 bits per heavy atom. The third-order valence-electron chi connectivity index (χ3n) is 4.72. The van der Waals surface area contributed by atoms with Crippen LogP contribution in [0.1, 0.15) is 31.5 Å². The molecule has 1 aliphatic heterocycles. The highest BCUT2D eigenvalue weighted by atomic mass is 32.2. The van der Waals surface area contributed by atoms with Crippen molar-refractivity contribution in [1.29, 1.82) is 5.26 Å². The Morgan fingerprint density at radius 1 is 1.46 bits per heavy atom. The number of piperidine rings is 1. The lowest BCUT2D eigenvalue weighted by molar-refractivity contribution is 0.186. The highest BCUT2D eigenvalue weighted by molar-refractivity contribution is 7.88. The SMILES string of the molecule is CC(C)Cc1c(C#N)c(F)c2cnc(N[C@@H]3CCN(S(C)(=O)=O)C[C@H]3F)nn12. The van der Waals surface area contributed by atoms with Gasteiger partial charge in [-0.25, -0.2) is 26.7 Å². The topological polar surface area (TPSA) is 103 Å². The van der Waals surface area contributed by atoms with Crippen molar-refractivity contribution in [2.45, 2.75) is 38.9 Å². The number of sulfonamides is 1. The van der Waals surface area contributed by atoms with Crippen LogP contribution >= 0.6 is 0 Å². The van der Waals surface area contributed by atoms with Crippen LogP contribution in [0.2, 0.25) is 0 Å². The third-order valence-corrected chi connectivity index (χ3v) is 5.99. The van der Waals surface area contributed by atoms with Gasteiger partial charge in [0.25, 0.3) is 0 Å². The molecule has 0 unspecified atom stereocenters. The van der Waals surface area contributed by atoms with Crippen LogP contribution in [-0.4, -0.2) is 58.9 Å². The number of rotatable bonds is 5. The van der Waals surface area contributed by atoms with E-state index in [1.54, 1.807) is 0 Å². The Morgan fingerprint density at radius 2 is 2.18 bits per heavy atom. The minimum Gasteiger partial charge on any atom is -0.347 e. The van der Waals surface area contributed by atoms with Crippen LogP contribution < -0.4 is 5.32 Å². The molecule has 0 radical (unpaired) electrons. The second-order valence-corrected chi connectivity index (χ2v) is 9.38. The van der Waals surface area contributed by atoms with Gasteiger partial charge in [-0.2, -0.15) is 9.57 Å². The highest BCUT2D eigenvalue weighted by Crippen LogP contribution is 2.24. The average molecular weight is 412 g/mol. The van der Waals surface area contributed by atoms with E-state index in [9.17, 15) is 22.5 Å². The van der Waals surface area contributed by atoms with E-state index in [0.717, 1.165) is 10.6 Å². The minimum atomic E-state index is -3.45. The highest BCUT2D eigenvalue weighted by Gasteiger charge is 2.33. The summed E-state index contributed by atoms with van der Waals surface area (Å²) in [5.74, 6) is -0.404. The van der Waals surface area contributed by atoms with Crippen LogP contribution in [0.3, 0.4) is 0 Å². The third kappa shape index (κ3) is 3.93. The summed E-state index contributed by atoms with van der Waals surface area (Å²) in [4.78, 5) is 4.04. The molecule has 28 heavy (non-hydrogen) atoms. The largest absolute Gasteiger partial charge is 0.347 e. The van der Waals surface area contributed by atoms with Crippen molar-refractivity contribution in [3.05, 3.63) is 23.3 Å². The van der Waals surface area contributed by atoms with E-state index in [1.165, 1.54) is 10.7 Å². The van der Waals surface area contributed by atoms with Gasteiger partial charge in [-0.1, -0.05) is 13.8 Å². The first-order valence-corrected chi connectivity index (χ1v) is 10.8. The van der Waals surface area contributed by atoms with Crippen LogP contribution in [0.15, 0.2) is 6.20 Å². The Bertz CT molecular complexity index is 1030. The molecule has 0 amide bonds. The zero-order chi connectivity index (χ0) is 20.6. The molecule has 1 aliphatic rings. The quantitative estimate of drug-likeness (QED) is 0.802. The number of hydrogen-bond donors (Lipinski definition) is 1. The van der Waals surface area contributed by atoms with Crippen LogP contribution in [0.5, 0.6) is 0 Å². The number of hydrogen-bond acceptors (Lipinski definition) is 6. The van der Waals surface area contributed by atoms with Gasteiger partial charge in [0.1, 0.15) is 23.3 Å². The Balaban J connectivity index is 1.88. The van der Waals surface area contributed by atoms with E-state index in [0.29, 0.717) is 12.1 Å². The maximum absolute atomic E-state index is 14.5. The summed E-state index contributed by atoms with van der Waals surface area (Å²) < 4.78 is 54.5. The summed E-state index contributed by atoms with van der Waals surface area (Å²) in [5.41, 5.74) is 0.463. The second-order valence-electron chi connectivity index (χ2n) is 7.40. The van der Waals surface area contributed by atoms with Crippen molar-refractivity contribution >= 4 is 21.5 Å². The van der Waals surface area contributed by atoms with E-state index in [1.807, 2.05) is 19.9 Å². The van der Waals surface area contributed by atoms with Gasteiger partial charge in [0.05, 0.1) is 24.2 Å². The summed E-state index contributed by atoms with van der Waals surface area (Å²) >= 11 is 0. The maximum Gasteiger partial charge on any atom is 0.241 e. The molecule has 0 bridgehead atoms. The molecule has 2 aromatic heterocycles. The smallest absolute Gasteiger partial charge is 0.241 e. The summed E-state index contributed by atoms with van der Waals surface area (Å²) in [5, 5.41) is 16.4. The predicted octanol–water partition coefficient (Wildman–Crippen LogP) is 1.72. The number of alkyl halides is 1. The van der Waals surface area contributed by atoms with Gasteiger partial charge in [0.2, 0.25) is 16.0 Å². The molecule has 8 nitrogen and oxygen atoms in total. The van der Waals surface area contributed by atoms with Gasteiger partial charge in [-0.15, -0.1) is 5.10 Å². The lowest BCUT2D eigenvalue weighted by Crippen LogP contribution is -2.49. The number of nitrogens with one attached hydrogen (secondary N) is 1. The molecule has 0 aliphatic carbocycles. The van der Waals surface area contributed by atoms with Gasteiger partial charge < -0.3 is 5.32 Å². The molecule has 1 fully saturated rings. The maximum atomic E-state index is 14.5. The first-order chi connectivity index (χ1) is 13.1. The van der Waals surface area contributed by atoms with E-state index < -0.39 is 28.1 Å². The fourth-order valence-corrected chi connectivity index (χ4v) is 4.18. The molecule has 3 heterocycles. The number of anilines is 1. The van der Waals surface area contributed by atoms with Crippen molar-refractivity contribution in [2.24, 2.45) is 5.92 Å². The normalized spacial score (nSPS) is 21.2. The summed E-state index contributed by atoms with van der Waals surface area (Å²) in [6, 6.07) is 1.21. The minimum absolute atomic E-state index is 0.0648. The first kappa shape index (κ1) is 20.4. The molecule has 0 aromatic carbocycles. The van der Waals surface area contributed by atoms with Crippen LogP contribution in [0.4, 0.5) is 14.7 Å². The van der Waals surface area contributed by atoms with E-state index in [-0.39, 0.29) is 42.5 Å². The molecule has 2 aromatic rings. The lowest BCUT2D eigenvalue weighted by Gasteiger charge is -2.33. The average Bonchev–Trinajstić information content (AvgIpc) is 2.86. The number of aromatic nitrogens is 3. The monoisotopic (exact) mass is 412 g/mol. The van der Waals surface area contributed by atoms with Crippen LogP contribution in [0, 0.1) is 23.1 Å². The fourth-order valence-electron chi connectivity index (χ4n) is 3.33. The van der Waals surface area contributed by atoms with Crippen LogP contribution in [0.25, 0.3) is 5.52 Å². The first-order valence-electron chi connectivity index (χ1n) is 8.93. The van der Waals surface area contributed by atoms with Crippen molar-refractivity contribution < 1.29 is 17.2 Å². The van der Waals surface area contributed by atoms with Gasteiger partial charge in [-0.3, -0.25) is 0 Å².